The van der Waals surface area contributed by atoms with E-state index in [1.54, 1.807) is 4.90 Å². The SMILES string of the molecule is Cc1c(-c2[nH]c3ccc(C4CCN(CC(=O)N(C)C)CC4)cc3c2C(C)C)ccc2c1cnn2C. The molecule has 0 unspecified atom stereocenters. The average molecular weight is 472 g/mol. The molecule has 6 nitrogen and oxygen atoms in total. The number of hydrogen-bond acceptors (Lipinski definition) is 3. The van der Waals surface area contributed by atoms with E-state index in [-0.39, 0.29) is 5.91 Å². The Hall–Kier alpha value is -3.12. The van der Waals surface area contributed by atoms with Crippen LogP contribution in [0.25, 0.3) is 33.1 Å². The summed E-state index contributed by atoms with van der Waals surface area (Å²) in [6.07, 6.45) is 4.16. The van der Waals surface area contributed by atoms with Crippen LogP contribution in [-0.2, 0) is 11.8 Å². The molecule has 1 aliphatic heterocycles. The van der Waals surface area contributed by atoms with Crippen LogP contribution in [0.3, 0.4) is 0 Å². The fourth-order valence-electron chi connectivity index (χ4n) is 5.69. The molecule has 0 radical (unpaired) electrons. The lowest BCUT2D eigenvalue weighted by atomic mass is 9.87. The van der Waals surface area contributed by atoms with Crippen molar-refractivity contribution in [1.29, 1.82) is 0 Å². The molecule has 4 aromatic rings. The van der Waals surface area contributed by atoms with Crippen molar-refractivity contribution >= 4 is 27.7 Å². The van der Waals surface area contributed by atoms with Gasteiger partial charge in [0, 0.05) is 43.0 Å². The third-order valence-corrected chi connectivity index (χ3v) is 7.83. The molecule has 0 bridgehead atoms. The second kappa shape index (κ2) is 9.15. The number of rotatable bonds is 5. The summed E-state index contributed by atoms with van der Waals surface area (Å²) >= 11 is 0. The summed E-state index contributed by atoms with van der Waals surface area (Å²) in [6.45, 7) is 9.26. The van der Waals surface area contributed by atoms with Crippen molar-refractivity contribution in [2.75, 3.05) is 33.7 Å². The number of likely N-dealkylation sites (N-methyl/N-ethyl adjacent to an activating group) is 1. The minimum Gasteiger partial charge on any atom is -0.354 e. The number of fused-ring (bicyclic) bond motifs is 2. The van der Waals surface area contributed by atoms with Crippen LogP contribution in [-0.4, -0.2) is 64.2 Å². The average Bonchev–Trinajstić information content (AvgIpc) is 3.40. The highest BCUT2D eigenvalue weighted by atomic mass is 16.2. The number of amides is 1. The highest BCUT2D eigenvalue weighted by Gasteiger charge is 2.24. The van der Waals surface area contributed by atoms with Crippen molar-refractivity contribution in [3.05, 3.63) is 53.2 Å². The monoisotopic (exact) mass is 471 g/mol. The van der Waals surface area contributed by atoms with Gasteiger partial charge < -0.3 is 9.88 Å². The molecule has 0 aliphatic carbocycles. The van der Waals surface area contributed by atoms with Gasteiger partial charge in [-0.15, -0.1) is 0 Å². The molecule has 0 spiro atoms. The third-order valence-electron chi connectivity index (χ3n) is 7.83. The Morgan fingerprint density at radius 3 is 2.57 bits per heavy atom. The van der Waals surface area contributed by atoms with Gasteiger partial charge in [-0.25, -0.2) is 0 Å². The van der Waals surface area contributed by atoms with E-state index in [9.17, 15) is 4.79 Å². The number of nitrogens with one attached hydrogen (secondary N) is 1. The standard InChI is InChI=1S/C29H37N5O/c1-18(2)28-23-15-21(20-11-13-34(14-12-20)17-27(35)32(4)5)7-9-25(23)31-29(28)22-8-10-26-24(19(22)3)16-30-33(26)6/h7-10,15-16,18,20,31H,11-14,17H2,1-6H3. The molecule has 5 rings (SSSR count). The van der Waals surface area contributed by atoms with Gasteiger partial charge in [0.2, 0.25) is 5.91 Å². The van der Waals surface area contributed by atoms with Crippen molar-refractivity contribution in [3.63, 3.8) is 0 Å². The van der Waals surface area contributed by atoms with E-state index in [1.165, 1.54) is 44.2 Å². The van der Waals surface area contributed by atoms with E-state index >= 15 is 0 Å². The zero-order valence-electron chi connectivity index (χ0n) is 21.9. The Balaban J connectivity index is 1.47. The first-order valence-corrected chi connectivity index (χ1v) is 12.7. The molecule has 1 fully saturated rings. The first kappa shape index (κ1) is 23.6. The maximum atomic E-state index is 12.1. The fourth-order valence-corrected chi connectivity index (χ4v) is 5.69. The molecular formula is C29H37N5O. The van der Waals surface area contributed by atoms with Crippen LogP contribution >= 0.6 is 0 Å². The molecule has 3 heterocycles. The Bertz CT molecular complexity index is 1390. The number of piperidine rings is 1. The van der Waals surface area contributed by atoms with Crippen molar-refractivity contribution in [2.24, 2.45) is 7.05 Å². The van der Waals surface area contributed by atoms with Crippen LogP contribution in [0.2, 0.25) is 0 Å². The first-order valence-electron chi connectivity index (χ1n) is 12.7. The number of hydrogen-bond donors (Lipinski definition) is 1. The Kier molecular flexibility index (Phi) is 6.18. The van der Waals surface area contributed by atoms with Crippen molar-refractivity contribution in [3.8, 4) is 11.3 Å². The number of aromatic nitrogens is 3. The molecule has 1 aliphatic rings. The Morgan fingerprint density at radius 1 is 1.14 bits per heavy atom. The molecular weight excluding hydrogens is 434 g/mol. The number of nitrogens with zero attached hydrogens (tertiary/aromatic N) is 4. The lowest BCUT2D eigenvalue weighted by Crippen LogP contribution is -2.40. The lowest BCUT2D eigenvalue weighted by Gasteiger charge is -2.32. The van der Waals surface area contributed by atoms with E-state index < -0.39 is 0 Å². The van der Waals surface area contributed by atoms with Gasteiger partial charge in [-0.1, -0.05) is 26.0 Å². The molecule has 1 N–H and O–H groups in total. The molecule has 184 valence electrons. The third kappa shape index (κ3) is 4.25. The van der Waals surface area contributed by atoms with Crippen LogP contribution in [0.1, 0.15) is 55.2 Å². The van der Waals surface area contributed by atoms with Gasteiger partial charge in [-0.3, -0.25) is 14.4 Å². The summed E-state index contributed by atoms with van der Waals surface area (Å²) < 4.78 is 1.94. The van der Waals surface area contributed by atoms with Gasteiger partial charge in [0.15, 0.2) is 0 Å². The smallest absolute Gasteiger partial charge is 0.236 e. The fraction of sp³-hybridized carbons (Fsp3) is 0.448. The number of carbonyl (C=O) groups excluding carboxylic acids is 1. The normalized spacial score (nSPS) is 15.5. The Morgan fingerprint density at radius 2 is 1.89 bits per heavy atom. The van der Waals surface area contributed by atoms with Crippen LogP contribution in [0.5, 0.6) is 0 Å². The number of likely N-dealkylation sites (tertiary alicyclic amines) is 1. The highest BCUT2D eigenvalue weighted by molar-refractivity contribution is 5.96. The number of aromatic amines is 1. The predicted octanol–water partition coefficient (Wildman–Crippen LogP) is 5.42. The van der Waals surface area contributed by atoms with Crippen LogP contribution in [0.4, 0.5) is 0 Å². The molecule has 2 aromatic carbocycles. The molecule has 0 atom stereocenters. The Labute approximate surface area is 207 Å². The van der Waals surface area contributed by atoms with E-state index in [2.05, 4.69) is 66.1 Å². The maximum Gasteiger partial charge on any atom is 0.236 e. The van der Waals surface area contributed by atoms with Crippen LogP contribution < -0.4 is 0 Å². The molecule has 1 saturated heterocycles. The van der Waals surface area contributed by atoms with Crippen molar-refractivity contribution in [2.45, 2.75) is 45.4 Å². The summed E-state index contributed by atoms with van der Waals surface area (Å²) in [6, 6.07) is 11.4. The van der Waals surface area contributed by atoms with Crippen molar-refractivity contribution < 1.29 is 4.79 Å². The van der Waals surface area contributed by atoms with E-state index in [0.29, 0.717) is 18.4 Å². The van der Waals surface area contributed by atoms with Gasteiger partial charge in [0.05, 0.1) is 24.0 Å². The number of aryl methyl sites for hydroxylation is 2. The number of carbonyl (C=O) groups is 1. The molecule has 35 heavy (non-hydrogen) atoms. The van der Waals surface area contributed by atoms with E-state index in [0.717, 1.165) is 31.4 Å². The van der Waals surface area contributed by atoms with E-state index in [4.69, 9.17) is 0 Å². The summed E-state index contributed by atoms with van der Waals surface area (Å²) in [5.74, 6) is 1.12. The van der Waals surface area contributed by atoms with Gasteiger partial charge >= 0.3 is 0 Å². The zero-order chi connectivity index (χ0) is 24.9. The minimum absolute atomic E-state index is 0.186. The molecule has 0 saturated carbocycles. The lowest BCUT2D eigenvalue weighted by molar-refractivity contribution is -0.130. The minimum atomic E-state index is 0.186. The van der Waals surface area contributed by atoms with E-state index in [1.807, 2.05) is 32.0 Å². The summed E-state index contributed by atoms with van der Waals surface area (Å²) in [5.41, 5.74) is 8.92. The molecule has 2 aromatic heterocycles. The maximum absolute atomic E-state index is 12.1. The van der Waals surface area contributed by atoms with Crippen LogP contribution in [0.15, 0.2) is 36.5 Å². The second-order valence-corrected chi connectivity index (χ2v) is 10.7. The number of H-pyrrole nitrogens is 1. The van der Waals surface area contributed by atoms with Gasteiger partial charge in [-0.2, -0.15) is 5.10 Å². The highest BCUT2D eigenvalue weighted by Crippen LogP contribution is 2.40. The number of benzene rings is 2. The quantitative estimate of drug-likeness (QED) is 0.423. The second-order valence-electron chi connectivity index (χ2n) is 10.7. The van der Waals surface area contributed by atoms with Gasteiger partial charge in [0.25, 0.3) is 0 Å². The largest absolute Gasteiger partial charge is 0.354 e. The van der Waals surface area contributed by atoms with Gasteiger partial charge in [-0.05, 0) is 79.6 Å². The molecule has 1 amide bonds. The topological polar surface area (TPSA) is 57.2 Å². The summed E-state index contributed by atoms with van der Waals surface area (Å²) in [5, 5.41) is 7.01. The van der Waals surface area contributed by atoms with Crippen LogP contribution in [0, 0.1) is 6.92 Å². The van der Waals surface area contributed by atoms with Gasteiger partial charge in [0.1, 0.15) is 0 Å². The molecule has 6 heteroatoms. The van der Waals surface area contributed by atoms with Crippen molar-refractivity contribution in [1.82, 2.24) is 24.6 Å². The first-order chi connectivity index (χ1) is 16.7. The zero-order valence-corrected chi connectivity index (χ0v) is 21.9. The summed E-state index contributed by atoms with van der Waals surface area (Å²) in [7, 11) is 5.66. The summed E-state index contributed by atoms with van der Waals surface area (Å²) in [4.78, 5) is 19.8. The predicted molar refractivity (Wildman–Crippen MR) is 144 cm³/mol.